The normalized spacial score (nSPS) is 11.2. The van der Waals surface area contributed by atoms with Gasteiger partial charge in [0, 0.05) is 0 Å². The molecule has 0 radical (unpaired) electrons. The molecule has 92 valence electrons. The second-order valence-electron chi connectivity index (χ2n) is 4.14. The van der Waals surface area contributed by atoms with E-state index in [0.29, 0.717) is 29.0 Å². The number of fused-ring (bicyclic) bond motifs is 1. The van der Waals surface area contributed by atoms with Gasteiger partial charge in [-0.1, -0.05) is 0 Å². The summed E-state index contributed by atoms with van der Waals surface area (Å²) < 4.78 is 2.99. The molecule has 0 fully saturated rings. The fraction of sp³-hybridized carbons (Fsp3) is 0. The molecule has 0 saturated carbocycles. The van der Waals surface area contributed by atoms with E-state index in [1.165, 1.54) is 29.4 Å². The molecule has 0 amide bonds. The van der Waals surface area contributed by atoms with E-state index in [4.69, 9.17) is 0 Å². The van der Waals surface area contributed by atoms with Gasteiger partial charge in [0.1, 0.15) is 0 Å². The topological polar surface area (TPSA) is 12.9 Å². The third-order valence-corrected chi connectivity index (χ3v) is 8.60. The van der Waals surface area contributed by atoms with E-state index in [2.05, 4.69) is 45.2 Å². The fourth-order valence-corrected chi connectivity index (χ4v) is 7.14. The summed E-state index contributed by atoms with van der Waals surface area (Å²) in [6, 6.07) is 11.0. The van der Waals surface area contributed by atoms with Crippen LogP contribution in [0.3, 0.4) is 0 Å². The van der Waals surface area contributed by atoms with E-state index in [1.54, 1.807) is 0 Å². The van der Waals surface area contributed by atoms with Gasteiger partial charge in [-0.05, 0) is 0 Å². The van der Waals surface area contributed by atoms with E-state index < -0.39 is 0 Å². The molecule has 4 aromatic heterocycles. The van der Waals surface area contributed by atoms with Crippen LogP contribution in [0.15, 0.2) is 52.6 Å². The summed E-state index contributed by atoms with van der Waals surface area (Å²) in [5, 5.41) is 2.69. The molecular weight excluding hydrogens is 384 g/mol. The fourth-order valence-electron chi connectivity index (χ4n) is 2.17. The molecule has 0 aliphatic carbocycles. The summed E-state index contributed by atoms with van der Waals surface area (Å²) in [6.07, 6.45) is 3.93. The van der Waals surface area contributed by atoms with Crippen LogP contribution in [0.1, 0.15) is 0 Å². The predicted octanol–water partition coefficient (Wildman–Crippen LogP) is 3.74. The molecule has 0 N–H and O–H groups in total. The third-order valence-electron chi connectivity index (χ3n) is 3.00. The first-order chi connectivity index (χ1) is 9.43. The van der Waals surface area contributed by atoms with Gasteiger partial charge in [0.25, 0.3) is 0 Å². The Kier molecular flexibility index (Phi) is 3.07. The van der Waals surface area contributed by atoms with Crippen LogP contribution in [0.25, 0.3) is 29.4 Å². The molecule has 4 heteroatoms. The van der Waals surface area contributed by atoms with E-state index in [0.717, 1.165) is 0 Å². The molecule has 0 aromatic carbocycles. The Morgan fingerprint density at radius 1 is 0.842 bits per heavy atom. The first-order valence-corrected chi connectivity index (χ1v) is 10.4. The van der Waals surface area contributed by atoms with Crippen LogP contribution in [0.2, 0.25) is 0 Å². The zero-order valence-corrected chi connectivity index (χ0v) is 14.1. The quantitative estimate of drug-likeness (QED) is 0.473. The molecular formula is C15H9NSSe2. The van der Waals surface area contributed by atoms with Crippen LogP contribution < -0.4 is 0 Å². The van der Waals surface area contributed by atoms with Gasteiger partial charge in [0.05, 0.1) is 0 Å². The van der Waals surface area contributed by atoms with Gasteiger partial charge < -0.3 is 0 Å². The van der Waals surface area contributed by atoms with Gasteiger partial charge in [-0.2, -0.15) is 0 Å². The van der Waals surface area contributed by atoms with Crippen LogP contribution >= 0.6 is 11.3 Å². The van der Waals surface area contributed by atoms with Gasteiger partial charge in [0.2, 0.25) is 0 Å². The van der Waals surface area contributed by atoms with Crippen LogP contribution in [0.5, 0.6) is 0 Å². The Bertz CT molecular complexity index is 745. The van der Waals surface area contributed by atoms with Crippen molar-refractivity contribution in [3.8, 4) is 18.6 Å². The standard InChI is InChI=1S/C15H9NSSe2/c1-3-12(18-7-1)14-10-5-6-16-9-11(10)15(17-14)13-4-2-8-19-13/h1-9H. The minimum absolute atomic E-state index is 0.484. The Hall–Kier alpha value is -0.891. The van der Waals surface area contributed by atoms with Crippen molar-refractivity contribution >= 4 is 51.1 Å². The molecule has 0 spiro atoms. The number of hydrogen-bond donors (Lipinski definition) is 0. The van der Waals surface area contributed by atoms with E-state index >= 15 is 0 Å². The van der Waals surface area contributed by atoms with Crippen molar-refractivity contribution in [2.45, 2.75) is 0 Å². The Balaban J connectivity index is 2.06. The second kappa shape index (κ2) is 4.90. The van der Waals surface area contributed by atoms with Gasteiger partial charge in [-0.15, -0.1) is 0 Å². The van der Waals surface area contributed by atoms with Crippen molar-refractivity contribution in [3.05, 3.63) is 52.6 Å². The number of pyridine rings is 1. The number of hydrogen-bond acceptors (Lipinski definition) is 2. The number of thiophene rings is 1. The first-order valence-electron chi connectivity index (χ1n) is 5.88. The molecule has 19 heavy (non-hydrogen) atoms. The van der Waals surface area contributed by atoms with Crippen molar-refractivity contribution in [3.63, 3.8) is 0 Å². The third kappa shape index (κ3) is 2.01. The van der Waals surface area contributed by atoms with Crippen LogP contribution in [-0.4, -0.2) is 34.0 Å². The minimum atomic E-state index is 0.484. The number of aromatic nitrogens is 1. The van der Waals surface area contributed by atoms with Gasteiger partial charge in [0.15, 0.2) is 0 Å². The first kappa shape index (κ1) is 11.9. The summed E-state index contributed by atoms with van der Waals surface area (Å²) in [5.74, 6) is 0. The monoisotopic (exact) mass is 395 g/mol. The average molecular weight is 393 g/mol. The summed E-state index contributed by atoms with van der Waals surface area (Å²) in [5.41, 5.74) is 0. The summed E-state index contributed by atoms with van der Waals surface area (Å²) in [4.78, 5) is 11.8. The van der Waals surface area contributed by atoms with Crippen LogP contribution in [-0.2, 0) is 0 Å². The molecule has 4 heterocycles. The van der Waals surface area contributed by atoms with Gasteiger partial charge in [-0.3, -0.25) is 0 Å². The summed E-state index contributed by atoms with van der Waals surface area (Å²) in [6.45, 7) is 0. The van der Waals surface area contributed by atoms with Crippen molar-refractivity contribution in [1.82, 2.24) is 4.98 Å². The number of rotatable bonds is 2. The molecule has 0 aliphatic heterocycles. The van der Waals surface area contributed by atoms with Crippen molar-refractivity contribution in [2.24, 2.45) is 0 Å². The Morgan fingerprint density at radius 3 is 2.16 bits per heavy atom. The van der Waals surface area contributed by atoms with E-state index in [1.807, 2.05) is 23.7 Å². The summed E-state index contributed by atoms with van der Waals surface area (Å²) >= 11 is 2.92. The molecule has 4 aromatic rings. The van der Waals surface area contributed by atoms with E-state index in [9.17, 15) is 0 Å². The van der Waals surface area contributed by atoms with Crippen LogP contribution in [0.4, 0.5) is 0 Å². The maximum absolute atomic E-state index is 4.32. The SMILES string of the molecule is c1c[se]c(-c2sc(-c3ccc[se]3)c3cnccc23)c1. The predicted molar refractivity (Wildman–Crippen MR) is 84.4 cm³/mol. The van der Waals surface area contributed by atoms with Gasteiger partial charge >= 0.3 is 127 Å². The van der Waals surface area contributed by atoms with Crippen molar-refractivity contribution < 1.29 is 0 Å². The molecule has 1 nitrogen and oxygen atoms in total. The summed E-state index contributed by atoms with van der Waals surface area (Å²) in [7, 11) is 0. The Labute approximate surface area is 127 Å². The molecule has 0 unspecified atom stereocenters. The Morgan fingerprint density at radius 2 is 1.53 bits per heavy atom. The molecule has 0 saturated heterocycles. The number of nitrogens with zero attached hydrogens (tertiary/aromatic N) is 1. The zero-order valence-electron chi connectivity index (χ0n) is 9.87. The van der Waals surface area contributed by atoms with E-state index in [-0.39, 0.29) is 0 Å². The molecule has 0 aliphatic rings. The van der Waals surface area contributed by atoms with Crippen molar-refractivity contribution in [1.29, 1.82) is 0 Å². The molecule has 0 bridgehead atoms. The average Bonchev–Trinajstić information content (AvgIpc) is 3.18. The molecule has 0 atom stereocenters. The van der Waals surface area contributed by atoms with Gasteiger partial charge in [-0.25, -0.2) is 0 Å². The second-order valence-corrected chi connectivity index (χ2v) is 9.13. The maximum atomic E-state index is 4.32. The van der Waals surface area contributed by atoms with Crippen molar-refractivity contribution in [2.75, 3.05) is 0 Å². The molecule has 4 rings (SSSR count). The van der Waals surface area contributed by atoms with Crippen LogP contribution in [0, 0.1) is 0 Å². The zero-order chi connectivity index (χ0) is 12.7.